The van der Waals surface area contributed by atoms with Crippen LogP contribution in [0.25, 0.3) is 0 Å². The Morgan fingerprint density at radius 3 is 2.34 bits per heavy atom. The van der Waals surface area contributed by atoms with Crippen LogP contribution in [0.15, 0.2) is 0 Å². The fraction of sp³-hybridized carbons (Fsp3) is 0.762. The van der Waals surface area contributed by atoms with Crippen molar-refractivity contribution in [1.29, 1.82) is 0 Å². The maximum absolute atomic E-state index is 13.2. The second-order valence-corrected chi connectivity index (χ2v) is 8.56. The van der Waals surface area contributed by atoms with Gasteiger partial charge in [-0.3, -0.25) is 19.2 Å². The van der Waals surface area contributed by atoms with Crippen LogP contribution in [-0.2, 0) is 28.7 Å². The molecule has 0 aromatic carbocycles. The molecule has 2 N–H and O–H groups in total. The lowest BCUT2D eigenvalue weighted by molar-refractivity contribution is -0.156. The van der Waals surface area contributed by atoms with Gasteiger partial charge in [0.1, 0.15) is 30.8 Å². The molecule has 3 fully saturated rings. The van der Waals surface area contributed by atoms with E-state index >= 15 is 0 Å². The number of aliphatic hydroxyl groups excluding tert-OH is 1. The van der Waals surface area contributed by atoms with Gasteiger partial charge >= 0.3 is 5.97 Å². The number of esters is 1. The number of amides is 4. The number of fused-ring (bicyclic) bond motifs is 2. The second-order valence-electron chi connectivity index (χ2n) is 8.56. The zero-order valence-corrected chi connectivity index (χ0v) is 18.6. The van der Waals surface area contributed by atoms with E-state index in [4.69, 9.17) is 4.74 Å². The van der Waals surface area contributed by atoms with Gasteiger partial charge < -0.3 is 29.9 Å². The number of hydrogen-bond acceptors (Lipinski definition) is 7. The number of hydrogen-bond donors (Lipinski definition) is 2. The van der Waals surface area contributed by atoms with Crippen LogP contribution in [0.1, 0.15) is 45.4 Å². The first-order valence-corrected chi connectivity index (χ1v) is 11.2. The molecular weight excluding hydrogens is 420 g/mol. The van der Waals surface area contributed by atoms with Crippen LogP contribution in [0.3, 0.4) is 0 Å². The van der Waals surface area contributed by atoms with Gasteiger partial charge in [-0.25, -0.2) is 4.79 Å². The fourth-order valence-electron chi connectivity index (χ4n) is 4.71. The quantitative estimate of drug-likeness (QED) is 0.493. The molecule has 4 amide bonds. The lowest BCUT2D eigenvalue weighted by atomic mass is 10.1. The number of carbonyl (C=O) groups excluding carboxylic acids is 5. The predicted octanol–water partition coefficient (Wildman–Crippen LogP) is -1.37. The summed E-state index contributed by atoms with van der Waals surface area (Å²) in [5, 5.41) is 12.1. The number of ether oxygens (including phenoxy) is 1. The lowest BCUT2D eigenvalue weighted by Crippen LogP contribution is -2.57. The van der Waals surface area contributed by atoms with Crippen LogP contribution in [-0.4, -0.2) is 107 Å². The van der Waals surface area contributed by atoms with Gasteiger partial charge in [0.25, 0.3) is 0 Å². The monoisotopic (exact) mass is 452 g/mol. The Morgan fingerprint density at radius 2 is 1.66 bits per heavy atom. The van der Waals surface area contributed by atoms with Gasteiger partial charge in [-0.15, -0.1) is 0 Å². The summed E-state index contributed by atoms with van der Waals surface area (Å²) >= 11 is 0. The van der Waals surface area contributed by atoms with E-state index < -0.39 is 47.9 Å². The number of nitrogens with one attached hydrogen (secondary N) is 1. The molecule has 11 nitrogen and oxygen atoms in total. The van der Waals surface area contributed by atoms with E-state index in [1.807, 2.05) is 0 Å². The molecule has 3 heterocycles. The van der Waals surface area contributed by atoms with Gasteiger partial charge in [-0.05, 0) is 39.0 Å². The SMILES string of the molecule is CC1NC(=O)C(CCO)N(C)C(=O)C2CCCN2C(=O)CCOC(=O)C2CCCN2C1=O. The third-order valence-electron chi connectivity index (χ3n) is 6.48. The fourth-order valence-corrected chi connectivity index (χ4v) is 4.71. The predicted molar refractivity (Wildman–Crippen MR) is 111 cm³/mol. The largest absolute Gasteiger partial charge is 0.464 e. The van der Waals surface area contributed by atoms with E-state index in [0.717, 1.165) is 0 Å². The van der Waals surface area contributed by atoms with Gasteiger partial charge in [0.05, 0.1) is 6.42 Å². The van der Waals surface area contributed by atoms with Crippen LogP contribution in [0.4, 0.5) is 0 Å². The average molecular weight is 453 g/mol. The highest BCUT2D eigenvalue weighted by Gasteiger charge is 2.41. The molecule has 0 saturated carbocycles. The summed E-state index contributed by atoms with van der Waals surface area (Å²) in [5.74, 6) is -2.25. The van der Waals surface area contributed by atoms with Crippen molar-refractivity contribution >= 4 is 29.6 Å². The topological polar surface area (TPSA) is 137 Å². The second kappa shape index (κ2) is 10.3. The minimum atomic E-state index is -0.993. The lowest BCUT2D eigenvalue weighted by Gasteiger charge is -2.34. The molecule has 3 aliphatic heterocycles. The zero-order valence-electron chi connectivity index (χ0n) is 18.6. The zero-order chi connectivity index (χ0) is 23.4. The summed E-state index contributed by atoms with van der Waals surface area (Å²) in [5.41, 5.74) is 0. The first-order chi connectivity index (χ1) is 15.3. The summed E-state index contributed by atoms with van der Waals surface area (Å²) in [7, 11) is 1.47. The minimum Gasteiger partial charge on any atom is -0.464 e. The highest BCUT2D eigenvalue weighted by molar-refractivity contribution is 5.95. The van der Waals surface area contributed by atoms with E-state index in [-0.39, 0.29) is 32.0 Å². The van der Waals surface area contributed by atoms with Gasteiger partial charge in [0.15, 0.2) is 0 Å². The van der Waals surface area contributed by atoms with Crippen molar-refractivity contribution in [2.45, 2.75) is 69.6 Å². The smallest absolute Gasteiger partial charge is 0.328 e. The average Bonchev–Trinajstić information content (AvgIpc) is 3.44. The van der Waals surface area contributed by atoms with Crippen molar-refractivity contribution in [2.24, 2.45) is 0 Å². The van der Waals surface area contributed by atoms with Gasteiger partial charge in [-0.2, -0.15) is 0 Å². The number of aliphatic hydroxyl groups is 1. The summed E-state index contributed by atoms with van der Waals surface area (Å²) in [6.45, 7) is 1.86. The number of rotatable bonds is 2. The Hall–Kier alpha value is -2.69. The Morgan fingerprint density at radius 1 is 1.00 bits per heavy atom. The van der Waals surface area contributed by atoms with Crippen molar-refractivity contribution in [3.05, 3.63) is 0 Å². The normalized spacial score (nSPS) is 30.8. The van der Waals surface area contributed by atoms with Crippen LogP contribution in [0.5, 0.6) is 0 Å². The summed E-state index contributed by atoms with van der Waals surface area (Å²) in [6.07, 6.45) is 2.14. The molecule has 0 bridgehead atoms. The third kappa shape index (κ3) is 4.87. The molecule has 0 aliphatic carbocycles. The highest BCUT2D eigenvalue weighted by Crippen LogP contribution is 2.23. The molecule has 0 aromatic rings. The van der Waals surface area contributed by atoms with Crippen LogP contribution in [0.2, 0.25) is 0 Å². The van der Waals surface area contributed by atoms with E-state index in [9.17, 15) is 29.1 Å². The first-order valence-electron chi connectivity index (χ1n) is 11.2. The van der Waals surface area contributed by atoms with E-state index in [1.54, 1.807) is 0 Å². The Kier molecular flexibility index (Phi) is 7.70. The third-order valence-corrected chi connectivity index (χ3v) is 6.48. The maximum atomic E-state index is 13.2. The molecule has 0 spiro atoms. The molecule has 11 heteroatoms. The highest BCUT2D eigenvalue weighted by atomic mass is 16.5. The van der Waals surface area contributed by atoms with Gasteiger partial charge in [-0.1, -0.05) is 0 Å². The Labute approximate surface area is 187 Å². The summed E-state index contributed by atoms with van der Waals surface area (Å²) in [4.78, 5) is 68.5. The standard InChI is InChI=1S/C21H32N4O7/c1-13-19(29)25-10-4-6-16(25)21(31)32-12-8-17(27)24-9-3-5-15(24)20(30)23(2)14(7-11-26)18(28)22-13/h13-16,26H,3-12H2,1-2H3,(H,22,28). The van der Waals surface area contributed by atoms with Crippen LogP contribution >= 0.6 is 0 Å². The van der Waals surface area contributed by atoms with Gasteiger partial charge in [0.2, 0.25) is 23.6 Å². The van der Waals surface area contributed by atoms with Crippen molar-refractivity contribution < 1.29 is 33.8 Å². The molecule has 4 atom stereocenters. The number of carbonyl (C=O) groups is 5. The van der Waals surface area contributed by atoms with Crippen molar-refractivity contribution in [3.8, 4) is 0 Å². The van der Waals surface area contributed by atoms with Crippen molar-refractivity contribution in [2.75, 3.05) is 33.4 Å². The van der Waals surface area contributed by atoms with E-state index in [1.165, 1.54) is 28.7 Å². The summed E-state index contributed by atoms with van der Waals surface area (Å²) in [6, 6.07) is -3.37. The molecule has 4 unspecified atom stereocenters. The maximum Gasteiger partial charge on any atom is 0.328 e. The molecular formula is C21H32N4O7. The van der Waals surface area contributed by atoms with Gasteiger partial charge in [0, 0.05) is 26.7 Å². The Balaban J connectivity index is 1.88. The number of cyclic esters (lactones) is 1. The molecule has 3 saturated heterocycles. The summed E-state index contributed by atoms with van der Waals surface area (Å²) < 4.78 is 5.29. The molecule has 0 radical (unpaired) electrons. The molecule has 32 heavy (non-hydrogen) atoms. The van der Waals surface area contributed by atoms with Crippen LogP contribution < -0.4 is 5.32 Å². The van der Waals surface area contributed by atoms with E-state index in [0.29, 0.717) is 38.8 Å². The first kappa shape index (κ1) is 24.0. The molecule has 0 aromatic heterocycles. The number of nitrogens with zero attached hydrogens (tertiary/aromatic N) is 3. The number of likely N-dealkylation sites (N-methyl/N-ethyl adjacent to an activating group) is 1. The van der Waals surface area contributed by atoms with Crippen molar-refractivity contribution in [3.63, 3.8) is 0 Å². The molecule has 3 aliphatic rings. The minimum absolute atomic E-state index is 0.00564. The van der Waals surface area contributed by atoms with Crippen molar-refractivity contribution in [1.82, 2.24) is 20.0 Å². The van der Waals surface area contributed by atoms with Crippen LogP contribution in [0, 0.1) is 0 Å². The molecule has 178 valence electrons. The molecule has 3 rings (SSSR count). The Bertz CT molecular complexity index is 773. The van der Waals surface area contributed by atoms with E-state index in [2.05, 4.69) is 5.32 Å².